The van der Waals surface area contributed by atoms with Gasteiger partial charge in [-0.3, -0.25) is 4.79 Å². The number of likely N-dealkylation sites (N-methyl/N-ethyl adjacent to an activating group) is 2. The second-order valence-corrected chi connectivity index (χ2v) is 4.88. The van der Waals surface area contributed by atoms with Crippen LogP contribution in [0.1, 0.15) is 6.42 Å². The lowest BCUT2D eigenvalue weighted by Gasteiger charge is -2.15. The fourth-order valence-corrected chi connectivity index (χ4v) is 2.19. The third-order valence-corrected chi connectivity index (χ3v) is 3.24. The number of nitrogens with zero attached hydrogens (tertiary/aromatic N) is 1. The highest BCUT2D eigenvalue weighted by molar-refractivity contribution is 5.77. The third-order valence-electron chi connectivity index (χ3n) is 3.24. The zero-order valence-electron chi connectivity index (χ0n) is 11.5. The lowest BCUT2D eigenvalue weighted by molar-refractivity contribution is -0.122. The first-order valence-corrected chi connectivity index (χ1v) is 6.56. The number of ether oxygens (including phenoxy) is 1. The smallest absolute Gasteiger partial charge is 0.257 e. The Labute approximate surface area is 113 Å². The first-order chi connectivity index (χ1) is 9.17. The van der Waals surface area contributed by atoms with Crippen LogP contribution >= 0.6 is 0 Å². The summed E-state index contributed by atoms with van der Waals surface area (Å²) in [4.78, 5) is 13.4. The number of likely N-dealkylation sites (tertiary alicyclic amines) is 1. The molecule has 5 heteroatoms. The number of hydrogen-bond donors (Lipinski definition) is 2. The second-order valence-electron chi connectivity index (χ2n) is 4.88. The number of hydrogen-bond acceptors (Lipinski definition) is 4. The minimum absolute atomic E-state index is 0.0477. The van der Waals surface area contributed by atoms with Crippen LogP contribution in [-0.4, -0.2) is 50.6 Å². The number of anilines is 1. The number of carbonyl (C=O) groups excluding carboxylic acids is 1. The number of benzene rings is 1. The maximum absolute atomic E-state index is 11.1. The average molecular weight is 263 g/mol. The van der Waals surface area contributed by atoms with Gasteiger partial charge in [0.15, 0.2) is 6.61 Å². The minimum Gasteiger partial charge on any atom is -0.484 e. The van der Waals surface area contributed by atoms with E-state index in [0.717, 1.165) is 25.2 Å². The van der Waals surface area contributed by atoms with E-state index in [4.69, 9.17) is 4.74 Å². The van der Waals surface area contributed by atoms with Crippen LogP contribution in [0.15, 0.2) is 24.3 Å². The molecule has 104 valence electrons. The molecule has 1 saturated heterocycles. The molecule has 2 rings (SSSR count). The molecule has 0 radical (unpaired) electrons. The molecule has 0 aromatic heterocycles. The molecule has 1 heterocycles. The number of nitrogens with one attached hydrogen (secondary N) is 2. The summed E-state index contributed by atoms with van der Waals surface area (Å²) < 4.78 is 5.42. The molecule has 0 aliphatic carbocycles. The summed E-state index contributed by atoms with van der Waals surface area (Å²) in [5.74, 6) is 0.579. The molecule has 1 aromatic carbocycles. The van der Waals surface area contributed by atoms with Gasteiger partial charge in [0, 0.05) is 31.4 Å². The summed E-state index contributed by atoms with van der Waals surface area (Å²) in [6, 6.07) is 8.22. The predicted molar refractivity (Wildman–Crippen MR) is 75.5 cm³/mol. The number of carbonyl (C=O) groups is 1. The normalized spacial score (nSPS) is 19.2. The van der Waals surface area contributed by atoms with Gasteiger partial charge in [0.1, 0.15) is 5.75 Å². The molecular formula is C14H21N3O2. The zero-order valence-corrected chi connectivity index (χ0v) is 11.5. The van der Waals surface area contributed by atoms with Crippen molar-refractivity contribution in [3.63, 3.8) is 0 Å². The Morgan fingerprint density at radius 1 is 1.53 bits per heavy atom. The zero-order chi connectivity index (χ0) is 13.7. The molecular weight excluding hydrogens is 242 g/mol. The van der Waals surface area contributed by atoms with Crippen molar-refractivity contribution in [3.05, 3.63) is 24.3 Å². The van der Waals surface area contributed by atoms with Crippen LogP contribution in [0, 0.1) is 0 Å². The topological polar surface area (TPSA) is 53.6 Å². The average Bonchev–Trinajstić information content (AvgIpc) is 2.82. The van der Waals surface area contributed by atoms with Gasteiger partial charge >= 0.3 is 0 Å². The Morgan fingerprint density at radius 2 is 2.37 bits per heavy atom. The fourth-order valence-electron chi connectivity index (χ4n) is 2.19. The van der Waals surface area contributed by atoms with E-state index in [1.165, 1.54) is 0 Å². The predicted octanol–water partition coefficient (Wildman–Crippen LogP) is 0.927. The van der Waals surface area contributed by atoms with Crippen molar-refractivity contribution in [1.82, 2.24) is 10.2 Å². The van der Waals surface area contributed by atoms with Crippen molar-refractivity contribution in [2.24, 2.45) is 0 Å². The van der Waals surface area contributed by atoms with E-state index >= 15 is 0 Å². The van der Waals surface area contributed by atoms with Crippen molar-refractivity contribution in [1.29, 1.82) is 0 Å². The molecule has 1 fully saturated rings. The summed E-state index contributed by atoms with van der Waals surface area (Å²) in [6.45, 7) is 2.24. The number of amides is 1. The van der Waals surface area contributed by atoms with Crippen molar-refractivity contribution in [3.8, 4) is 5.75 Å². The van der Waals surface area contributed by atoms with Gasteiger partial charge in [-0.2, -0.15) is 0 Å². The van der Waals surface area contributed by atoms with E-state index in [0.29, 0.717) is 11.8 Å². The van der Waals surface area contributed by atoms with Crippen molar-refractivity contribution >= 4 is 11.6 Å². The molecule has 5 nitrogen and oxygen atoms in total. The van der Waals surface area contributed by atoms with Crippen LogP contribution in [0.4, 0.5) is 5.69 Å². The van der Waals surface area contributed by atoms with E-state index in [1.54, 1.807) is 7.05 Å². The Bertz CT molecular complexity index is 436. The van der Waals surface area contributed by atoms with Crippen LogP contribution in [0.3, 0.4) is 0 Å². The van der Waals surface area contributed by atoms with E-state index in [1.807, 2.05) is 24.3 Å². The van der Waals surface area contributed by atoms with Crippen LogP contribution in [-0.2, 0) is 4.79 Å². The molecule has 1 aromatic rings. The summed E-state index contributed by atoms with van der Waals surface area (Å²) in [7, 11) is 3.73. The number of rotatable bonds is 5. The maximum atomic E-state index is 11.1. The Morgan fingerprint density at radius 3 is 3.05 bits per heavy atom. The van der Waals surface area contributed by atoms with Crippen LogP contribution in [0.5, 0.6) is 5.75 Å². The lowest BCUT2D eigenvalue weighted by Crippen LogP contribution is -2.25. The Hall–Kier alpha value is -1.75. The lowest BCUT2D eigenvalue weighted by atomic mass is 10.2. The van der Waals surface area contributed by atoms with Gasteiger partial charge in [0.05, 0.1) is 0 Å². The van der Waals surface area contributed by atoms with Gasteiger partial charge < -0.3 is 20.3 Å². The molecule has 0 saturated carbocycles. The van der Waals surface area contributed by atoms with E-state index in [2.05, 4.69) is 22.6 Å². The monoisotopic (exact) mass is 263 g/mol. The highest BCUT2D eigenvalue weighted by Crippen LogP contribution is 2.20. The molecule has 1 amide bonds. The largest absolute Gasteiger partial charge is 0.484 e. The van der Waals surface area contributed by atoms with Crippen LogP contribution in [0.25, 0.3) is 0 Å². The SMILES string of the molecule is CNC(=O)COc1cccc(NC2CCN(C)C2)c1. The first-order valence-electron chi connectivity index (χ1n) is 6.56. The van der Waals surface area contributed by atoms with Crippen molar-refractivity contribution < 1.29 is 9.53 Å². The quantitative estimate of drug-likeness (QED) is 0.830. The fraction of sp³-hybridized carbons (Fsp3) is 0.500. The highest BCUT2D eigenvalue weighted by atomic mass is 16.5. The maximum Gasteiger partial charge on any atom is 0.257 e. The molecule has 19 heavy (non-hydrogen) atoms. The minimum atomic E-state index is -0.129. The summed E-state index contributed by atoms with van der Waals surface area (Å²) >= 11 is 0. The Kier molecular flexibility index (Phi) is 4.63. The van der Waals surface area contributed by atoms with Gasteiger partial charge in [-0.1, -0.05) is 6.07 Å². The summed E-state index contributed by atoms with van der Waals surface area (Å²) in [6.07, 6.45) is 1.15. The van der Waals surface area contributed by atoms with E-state index in [-0.39, 0.29) is 12.5 Å². The molecule has 1 aliphatic heterocycles. The van der Waals surface area contributed by atoms with Gasteiger partial charge in [-0.15, -0.1) is 0 Å². The molecule has 1 atom stereocenters. The van der Waals surface area contributed by atoms with Crippen molar-refractivity contribution in [2.75, 3.05) is 39.1 Å². The third kappa shape index (κ3) is 4.13. The molecule has 0 bridgehead atoms. The first kappa shape index (κ1) is 13.7. The van der Waals surface area contributed by atoms with E-state index < -0.39 is 0 Å². The summed E-state index contributed by atoms with van der Waals surface area (Å²) in [5, 5.41) is 6.02. The van der Waals surface area contributed by atoms with Gasteiger partial charge in [0.25, 0.3) is 5.91 Å². The van der Waals surface area contributed by atoms with Crippen LogP contribution < -0.4 is 15.4 Å². The molecule has 1 aliphatic rings. The van der Waals surface area contributed by atoms with Gasteiger partial charge in [-0.05, 0) is 32.1 Å². The summed E-state index contributed by atoms with van der Waals surface area (Å²) in [5.41, 5.74) is 1.04. The molecule has 2 N–H and O–H groups in total. The second kappa shape index (κ2) is 6.43. The molecule has 1 unspecified atom stereocenters. The molecule has 0 spiro atoms. The van der Waals surface area contributed by atoms with E-state index in [9.17, 15) is 4.79 Å². The highest BCUT2D eigenvalue weighted by Gasteiger charge is 2.18. The Balaban J connectivity index is 1.89. The van der Waals surface area contributed by atoms with Crippen LogP contribution in [0.2, 0.25) is 0 Å². The van der Waals surface area contributed by atoms with Gasteiger partial charge in [0.2, 0.25) is 0 Å². The van der Waals surface area contributed by atoms with Crippen molar-refractivity contribution in [2.45, 2.75) is 12.5 Å². The van der Waals surface area contributed by atoms with Gasteiger partial charge in [-0.25, -0.2) is 0 Å². The standard InChI is InChI=1S/C14H21N3O2/c1-15-14(18)10-19-13-5-3-4-11(8-13)16-12-6-7-17(2)9-12/h3-5,8,12,16H,6-7,9-10H2,1-2H3,(H,15,18).